The number of hydrogen-bond donors (Lipinski definition) is 0. The van der Waals surface area contributed by atoms with E-state index in [1.54, 1.807) is 0 Å². The first kappa shape index (κ1) is 41.2. The number of nitrogens with zero attached hydrogens (tertiary/aromatic N) is 1. The lowest BCUT2D eigenvalue weighted by molar-refractivity contribution is 0.600. The van der Waals surface area contributed by atoms with E-state index in [1.807, 2.05) is 0 Å². The standard InChI is InChI=1S/C68H55NO2/c1-36-18-17-19-37(2)63(36)69(38-26-28-40-45-34-52-46(35-51(45)66(5,6)49(40)32-38)56-48(65(52,3)4)30-31-55-57(56)43-21-12-15-24-53(43)70-55)39-27-29-42-50(33-39)68(9,10)61-58(42)59-44-22-13-16-25-54(44)71-64(59)60-41-20-11-14-23-47(41)67(7,8)62(60)61/h11-35H,1-10H3. The fourth-order valence-electron chi connectivity index (χ4n) is 14.6. The largest absolute Gasteiger partial charge is 0.456 e. The number of benzene rings is 9. The van der Waals surface area contributed by atoms with Gasteiger partial charge < -0.3 is 13.7 Å². The first-order valence-electron chi connectivity index (χ1n) is 25.5. The monoisotopic (exact) mass is 917 g/mol. The highest BCUT2D eigenvalue weighted by Crippen LogP contribution is 2.64. The van der Waals surface area contributed by atoms with Crippen molar-refractivity contribution in [2.75, 3.05) is 4.90 Å². The molecule has 0 radical (unpaired) electrons. The topological polar surface area (TPSA) is 29.5 Å². The smallest absolute Gasteiger partial charge is 0.144 e. The van der Waals surface area contributed by atoms with Crippen molar-refractivity contribution >= 4 is 60.9 Å². The SMILES string of the molecule is Cc1cccc(C)c1N(c1ccc2c(c1)C(C)(C)c1cc3c(cc1-2)C(C)(C)c1ccc2oc4ccccc4c2c1-3)c1ccc2c(c1)C(C)(C)c1c3c(c4oc5ccccc5c4c1-2)-c1ccccc1C3(C)C. The molecule has 0 spiro atoms. The minimum absolute atomic E-state index is 0.171. The summed E-state index contributed by atoms with van der Waals surface area (Å²) in [4.78, 5) is 2.55. The zero-order valence-corrected chi connectivity index (χ0v) is 42.2. The molecule has 15 rings (SSSR count). The lowest BCUT2D eigenvalue weighted by atomic mass is 9.72. The maximum Gasteiger partial charge on any atom is 0.144 e. The van der Waals surface area contributed by atoms with Crippen LogP contribution in [-0.2, 0) is 21.7 Å². The highest BCUT2D eigenvalue weighted by molar-refractivity contribution is 6.21. The van der Waals surface area contributed by atoms with Gasteiger partial charge in [-0.2, -0.15) is 0 Å². The number of rotatable bonds is 3. The summed E-state index contributed by atoms with van der Waals surface area (Å²) < 4.78 is 13.5. The van der Waals surface area contributed by atoms with Crippen molar-refractivity contribution in [3.05, 3.63) is 207 Å². The number of furan rings is 2. The molecule has 0 saturated carbocycles. The second kappa shape index (κ2) is 13.2. The third kappa shape index (κ3) is 4.95. The molecule has 0 N–H and O–H groups in total. The van der Waals surface area contributed by atoms with E-state index >= 15 is 0 Å². The highest BCUT2D eigenvalue weighted by Gasteiger charge is 2.49. The van der Waals surface area contributed by atoms with E-state index in [-0.39, 0.29) is 21.7 Å². The van der Waals surface area contributed by atoms with Gasteiger partial charge in [-0.25, -0.2) is 0 Å². The van der Waals surface area contributed by atoms with E-state index in [2.05, 4.69) is 226 Å². The molecule has 0 saturated heterocycles. The van der Waals surface area contributed by atoms with Crippen LogP contribution >= 0.6 is 0 Å². The van der Waals surface area contributed by atoms with E-state index in [9.17, 15) is 0 Å². The first-order chi connectivity index (χ1) is 34.1. The van der Waals surface area contributed by atoms with Crippen molar-refractivity contribution in [3.63, 3.8) is 0 Å². The Labute approximate surface area is 415 Å². The number of fused-ring (bicyclic) bond motifs is 22. The van der Waals surface area contributed by atoms with Gasteiger partial charge >= 0.3 is 0 Å². The Hall–Kier alpha value is -7.62. The molecule has 71 heavy (non-hydrogen) atoms. The fourth-order valence-corrected chi connectivity index (χ4v) is 14.6. The quantitative estimate of drug-likeness (QED) is 0.177. The lowest BCUT2D eigenvalue weighted by Gasteiger charge is -2.32. The van der Waals surface area contributed by atoms with Crippen LogP contribution in [0, 0.1) is 13.8 Å². The average Bonchev–Trinajstić information content (AvgIpc) is 4.15. The van der Waals surface area contributed by atoms with E-state index in [4.69, 9.17) is 8.83 Å². The van der Waals surface area contributed by atoms with E-state index in [0.717, 1.165) is 28.0 Å². The summed E-state index contributed by atoms with van der Waals surface area (Å²) >= 11 is 0. The predicted octanol–water partition coefficient (Wildman–Crippen LogP) is 18.8. The third-order valence-corrected chi connectivity index (χ3v) is 18.0. The van der Waals surface area contributed by atoms with Crippen LogP contribution in [0.3, 0.4) is 0 Å². The van der Waals surface area contributed by atoms with E-state index in [0.29, 0.717) is 0 Å². The van der Waals surface area contributed by atoms with Gasteiger partial charge in [0.15, 0.2) is 0 Å². The summed E-state index contributed by atoms with van der Waals surface area (Å²) in [6.45, 7) is 23.9. The summed E-state index contributed by atoms with van der Waals surface area (Å²) in [7, 11) is 0. The first-order valence-corrected chi connectivity index (χ1v) is 25.5. The Bertz CT molecular complexity index is 4240. The van der Waals surface area contributed by atoms with E-state index in [1.165, 1.54) is 133 Å². The van der Waals surface area contributed by atoms with Gasteiger partial charge in [-0.1, -0.05) is 152 Å². The zero-order valence-electron chi connectivity index (χ0n) is 42.2. The molecule has 0 amide bonds. The Morgan fingerprint density at radius 3 is 1.62 bits per heavy atom. The van der Waals surface area contributed by atoms with Gasteiger partial charge in [0.1, 0.15) is 22.3 Å². The second-order valence-corrected chi connectivity index (χ2v) is 23.3. The molecular formula is C68H55NO2. The van der Waals surface area contributed by atoms with Gasteiger partial charge in [0.05, 0.1) is 5.69 Å². The number of anilines is 3. The second-order valence-electron chi connectivity index (χ2n) is 23.3. The molecule has 4 aliphatic rings. The van der Waals surface area contributed by atoms with Gasteiger partial charge in [0.25, 0.3) is 0 Å². The maximum absolute atomic E-state index is 7.00. The Balaban J connectivity index is 0.924. The van der Waals surface area contributed by atoms with Gasteiger partial charge in [0, 0.05) is 60.1 Å². The van der Waals surface area contributed by atoms with Gasteiger partial charge in [-0.05, 0) is 163 Å². The van der Waals surface area contributed by atoms with Crippen LogP contribution in [0.2, 0.25) is 0 Å². The van der Waals surface area contributed by atoms with Crippen molar-refractivity contribution in [2.24, 2.45) is 0 Å². The molecule has 3 nitrogen and oxygen atoms in total. The summed E-state index contributed by atoms with van der Waals surface area (Å²) in [5, 5.41) is 4.82. The van der Waals surface area contributed by atoms with Crippen LogP contribution in [-0.4, -0.2) is 0 Å². The normalized spacial score (nSPS) is 16.5. The van der Waals surface area contributed by atoms with Crippen LogP contribution in [0.5, 0.6) is 0 Å². The number of para-hydroxylation sites is 3. The highest BCUT2D eigenvalue weighted by atomic mass is 16.3. The molecule has 2 aromatic heterocycles. The molecule has 0 bridgehead atoms. The molecule has 344 valence electrons. The molecule has 0 unspecified atom stereocenters. The third-order valence-electron chi connectivity index (χ3n) is 18.0. The van der Waals surface area contributed by atoms with E-state index < -0.39 is 0 Å². The van der Waals surface area contributed by atoms with Gasteiger partial charge in [-0.15, -0.1) is 0 Å². The Morgan fingerprint density at radius 2 is 0.887 bits per heavy atom. The molecular weight excluding hydrogens is 863 g/mol. The molecule has 3 heteroatoms. The Morgan fingerprint density at radius 1 is 0.352 bits per heavy atom. The minimum atomic E-state index is -0.314. The van der Waals surface area contributed by atoms with Crippen molar-refractivity contribution in [3.8, 4) is 44.5 Å². The van der Waals surface area contributed by atoms with Gasteiger partial charge in [-0.3, -0.25) is 0 Å². The molecule has 9 aromatic carbocycles. The average molecular weight is 918 g/mol. The Kier molecular flexibility index (Phi) is 7.66. The van der Waals surface area contributed by atoms with Crippen molar-refractivity contribution in [2.45, 2.75) is 90.9 Å². The van der Waals surface area contributed by atoms with Crippen LogP contribution in [0.15, 0.2) is 160 Å². The zero-order chi connectivity index (χ0) is 48.4. The number of hydrogen-bond acceptors (Lipinski definition) is 3. The number of aryl methyl sites for hydroxylation is 2. The van der Waals surface area contributed by atoms with Crippen LogP contribution < -0.4 is 4.90 Å². The summed E-state index contributed by atoms with van der Waals surface area (Å²) in [6.07, 6.45) is 0. The van der Waals surface area contributed by atoms with Crippen molar-refractivity contribution < 1.29 is 8.83 Å². The molecule has 2 heterocycles. The van der Waals surface area contributed by atoms with Crippen LogP contribution in [0.4, 0.5) is 17.1 Å². The predicted molar refractivity (Wildman–Crippen MR) is 295 cm³/mol. The van der Waals surface area contributed by atoms with Crippen molar-refractivity contribution in [1.29, 1.82) is 0 Å². The lowest BCUT2D eigenvalue weighted by Crippen LogP contribution is -2.24. The molecule has 4 aliphatic carbocycles. The minimum Gasteiger partial charge on any atom is -0.456 e. The summed E-state index contributed by atoms with van der Waals surface area (Å²) in [5.41, 5.74) is 30.4. The van der Waals surface area contributed by atoms with Crippen LogP contribution in [0.25, 0.3) is 88.4 Å². The van der Waals surface area contributed by atoms with Gasteiger partial charge in [0.2, 0.25) is 0 Å². The van der Waals surface area contributed by atoms with Crippen LogP contribution in [0.1, 0.15) is 111 Å². The molecule has 0 aliphatic heterocycles. The molecule has 0 fully saturated rings. The molecule has 0 atom stereocenters. The molecule has 11 aromatic rings. The maximum atomic E-state index is 7.00. The summed E-state index contributed by atoms with van der Waals surface area (Å²) in [5.74, 6) is 0. The van der Waals surface area contributed by atoms with Crippen molar-refractivity contribution in [1.82, 2.24) is 0 Å². The fraction of sp³-hybridized carbons (Fsp3) is 0.206. The summed E-state index contributed by atoms with van der Waals surface area (Å²) in [6, 6.07) is 57.1.